The van der Waals surface area contributed by atoms with Gasteiger partial charge in [0, 0.05) is 37.2 Å². The fourth-order valence-corrected chi connectivity index (χ4v) is 5.02. The van der Waals surface area contributed by atoms with Crippen LogP contribution in [0, 0.1) is 45.3 Å². The third-order valence-corrected chi connectivity index (χ3v) is 6.58. The summed E-state index contributed by atoms with van der Waals surface area (Å²) in [6.45, 7) is 2.12. The highest BCUT2D eigenvalue weighted by Crippen LogP contribution is 2.55. The number of carbonyl (C=O) groups is 1. The van der Waals surface area contributed by atoms with Crippen LogP contribution in [0.5, 0.6) is 5.75 Å². The van der Waals surface area contributed by atoms with E-state index < -0.39 is 17.3 Å². The van der Waals surface area contributed by atoms with Crippen molar-refractivity contribution in [1.82, 2.24) is 4.90 Å². The zero-order chi connectivity index (χ0) is 23.0. The zero-order valence-electron chi connectivity index (χ0n) is 17.8. The van der Waals surface area contributed by atoms with E-state index in [0.717, 1.165) is 16.3 Å². The van der Waals surface area contributed by atoms with Gasteiger partial charge in [-0.25, -0.2) is 0 Å². The minimum absolute atomic E-state index is 0.0336. The van der Waals surface area contributed by atoms with Gasteiger partial charge in [-0.2, -0.15) is 15.8 Å². The molecular formula is C25H21N5O2. The van der Waals surface area contributed by atoms with Crippen molar-refractivity contribution in [3.8, 4) is 24.0 Å². The summed E-state index contributed by atoms with van der Waals surface area (Å²) in [4.78, 5) is 13.8. The summed E-state index contributed by atoms with van der Waals surface area (Å²) in [5, 5.41) is 32.1. The molecule has 7 heteroatoms. The predicted molar refractivity (Wildman–Crippen MR) is 118 cm³/mol. The van der Waals surface area contributed by atoms with Crippen LogP contribution >= 0.6 is 0 Å². The van der Waals surface area contributed by atoms with E-state index in [-0.39, 0.29) is 23.7 Å². The van der Waals surface area contributed by atoms with Gasteiger partial charge in [0.2, 0.25) is 5.91 Å². The molecule has 1 heterocycles. The van der Waals surface area contributed by atoms with Crippen LogP contribution in [0.25, 0.3) is 10.8 Å². The van der Waals surface area contributed by atoms with Crippen LogP contribution in [0.1, 0.15) is 18.4 Å². The van der Waals surface area contributed by atoms with Crippen molar-refractivity contribution in [3.63, 3.8) is 0 Å². The molecule has 2 aliphatic rings. The molecule has 1 aliphatic carbocycles. The van der Waals surface area contributed by atoms with Crippen molar-refractivity contribution in [2.75, 3.05) is 20.2 Å². The number of rotatable bonds is 2. The van der Waals surface area contributed by atoms with E-state index in [1.807, 2.05) is 42.5 Å². The molecule has 2 aromatic carbocycles. The molecule has 0 unspecified atom stereocenters. The number of ether oxygens (including phenoxy) is 1. The lowest BCUT2D eigenvalue weighted by Gasteiger charge is -2.45. The average molecular weight is 423 g/mol. The van der Waals surface area contributed by atoms with E-state index in [4.69, 9.17) is 10.5 Å². The fourth-order valence-electron chi connectivity index (χ4n) is 5.02. The van der Waals surface area contributed by atoms with Gasteiger partial charge < -0.3 is 15.4 Å². The van der Waals surface area contributed by atoms with Gasteiger partial charge in [-0.05, 0) is 22.6 Å². The highest BCUT2D eigenvalue weighted by atomic mass is 16.5. The molecule has 0 bridgehead atoms. The molecule has 1 aliphatic heterocycles. The molecular weight excluding hydrogens is 402 g/mol. The van der Waals surface area contributed by atoms with Gasteiger partial charge in [-0.1, -0.05) is 36.4 Å². The van der Waals surface area contributed by atoms with Crippen molar-refractivity contribution in [3.05, 3.63) is 64.9 Å². The molecule has 0 radical (unpaired) electrons. The molecule has 7 nitrogen and oxygen atoms in total. The van der Waals surface area contributed by atoms with Crippen LogP contribution in [0.3, 0.4) is 0 Å². The lowest BCUT2D eigenvalue weighted by atomic mass is 9.57. The number of fused-ring (bicyclic) bond motifs is 2. The Morgan fingerprint density at radius 3 is 2.44 bits per heavy atom. The van der Waals surface area contributed by atoms with Gasteiger partial charge >= 0.3 is 0 Å². The lowest BCUT2D eigenvalue weighted by molar-refractivity contribution is -0.129. The number of nitrogens with two attached hydrogens (primary N) is 1. The molecule has 2 N–H and O–H groups in total. The first kappa shape index (κ1) is 21.0. The van der Waals surface area contributed by atoms with Crippen molar-refractivity contribution >= 4 is 16.7 Å². The molecule has 0 aromatic heterocycles. The highest BCUT2D eigenvalue weighted by Gasteiger charge is 2.55. The second-order valence-corrected chi connectivity index (χ2v) is 8.00. The Balaban J connectivity index is 2.08. The quantitative estimate of drug-likeness (QED) is 0.791. The Morgan fingerprint density at radius 1 is 1.16 bits per heavy atom. The normalized spacial score (nSPS) is 21.6. The maximum absolute atomic E-state index is 12.2. The standard InChI is InChI=1S/C25H21N5O2/c1-15(31)30-10-9-17-20(11-26)24(29)25(13-27,14-28)23(21(17)12-30)19-7-8-22(32-2)18-6-4-3-5-16(18)19/h3-9,21,23H,10,12,29H2,1-2H3/t21-,23-/m0/s1. The number of benzene rings is 2. The number of hydrogen-bond acceptors (Lipinski definition) is 6. The highest BCUT2D eigenvalue weighted by molar-refractivity contribution is 5.92. The van der Waals surface area contributed by atoms with Gasteiger partial charge in [-0.15, -0.1) is 0 Å². The largest absolute Gasteiger partial charge is 0.496 e. The number of nitriles is 3. The molecule has 0 spiro atoms. The number of amides is 1. The van der Waals surface area contributed by atoms with E-state index in [0.29, 0.717) is 17.9 Å². The Bertz CT molecular complexity index is 1300. The Kier molecular flexibility index (Phi) is 5.09. The van der Waals surface area contributed by atoms with E-state index in [2.05, 4.69) is 18.2 Å². The third-order valence-electron chi connectivity index (χ3n) is 6.58. The summed E-state index contributed by atoms with van der Waals surface area (Å²) >= 11 is 0. The van der Waals surface area contributed by atoms with E-state index in [1.54, 1.807) is 12.0 Å². The van der Waals surface area contributed by atoms with Crippen LogP contribution in [0.4, 0.5) is 0 Å². The van der Waals surface area contributed by atoms with Crippen LogP contribution < -0.4 is 10.5 Å². The third kappa shape index (κ3) is 2.82. The summed E-state index contributed by atoms with van der Waals surface area (Å²) in [6.07, 6.45) is 1.82. The first-order chi connectivity index (χ1) is 15.4. The summed E-state index contributed by atoms with van der Waals surface area (Å²) in [7, 11) is 1.59. The minimum Gasteiger partial charge on any atom is -0.496 e. The summed E-state index contributed by atoms with van der Waals surface area (Å²) < 4.78 is 5.51. The van der Waals surface area contributed by atoms with Crippen molar-refractivity contribution in [1.29, 1.82) is 15.8 Å². The van der Waals surface area contributed by atoms with Crippen LogP contribution in [-0.4, -0.2) is 31.0 Å². The lowest BCUT2D eigenvalue weighted by Crippen LogP contribution is -2.49. The van der Waals surface area contributed by atoms with Gasteiger partial charge in [0.25, 0.3) is 0 Å². The smallest absolute Gasteiger partial charge is 0.219 e. The number of nitrogens with zero attached hydrogens (tertiary/aromatic N) is 4. The first-order valence-corrected chi connectivity index (χ1v) is 10.2. The molecule has 158 valence electrons. The molecule has 2 aromatic rings. The monoisotopic (exact) mass is 423 g/mol. The van der Waals surface area contributed by atoms with Crippen LogP contribution in [0.2, 0.25) is 0 Å². The van der Waals surface area contributed by atoms with Gasteiger partial charge in [0.1, 0.15) is 11.8 Å². The Labute approximate surface area is 186 Å². The summed E-state index contributed by atoms with van der Waals surface area (Å²) in [5.41, 5.74) is 6.20. The molecule has 2 atom stereocenters. The topological polar surface area (TPSA) is 127 Å². The molecule has 1 amide bonds. The molecule has 4 rings (SSSR count). The SMILES string of the molecule is COc1ccc([C@H]2[C@H]3CN(C(C)=O)CC=C3C(C#N)=C(N)C2(C#N)C#N)c2ccccc12. The van der Waals surface area contributed by atoms with Crippen LogP contribution in [0.15, 0.2) is 59.3 Å². The average Bonchev–Trinajstić information content (AvgIpc) is 2.82. The number of carbonyl (C=O) groups excluding carboxylic acids is 1. The molecule has 0 saturated carbocycles. The fraction of sp³-hybridized carbons (Fsp3) is 0.280. The predicted octanol–water partition coefficient (Wildman–Crippen LogP) is 3.12. The first-order valence-electron chi connectivity index (χ1n) is 10.2. The zero-order valence-corrected chi connectivity index (χ0v) is 17.8. The van der Waals surface area contributed by atoms with Gasteiger partial charge in [0.05, 0.1) is 30.5 Å². The Hall–Kier alpha value is -4.28. The minimum atomic E-state index is -1.76. The second-order valence-electron chi connectivity index (χ2n) is 8.00. The van der Waals surface area contributed by atoms with Crippen molar-refractivity contribution < 1.29 is 9.53 Å². The second kappa shape index (κ2) is 7.76. The van der Waals surface area contributed by atoms with E-state index in [9.17, 15) is 20.6 Å². The van der Waals surface area contributed by atoms with Gasteiger partial charge in [0.15, 0.2) is 5.41 Å². The van der Waals surface area contributed by atoms with Gasteiger partial charge in [-0.3, -0.25) is 4.79 Å². The molecule has 0 fully saturated rings. The molecule has 32 heavy (non-hydrogen) atoms. The number of hydrogen-bond donors (Lipinski definition) is 1. The maximum Gasteiger partial charge on any atom is 0.219 e. The Morgan fingerprint density at radius 2 is 1.84 bits per heavy atom. The van der Waals surface area contributed by atoms with Crippen molar-refractivity contribution in [2.45, 2.75) is 12.8 Å². The summed E-state index contributed by atoms with van der Waals surface area (Å²) in [5.74, 6) is -0.561. The van der Waals surface area contributed by atoms with Crippen LogP contribution in [-0.2, 0) is 4.79 Å². The van der Waals surface area contributed by atoms with E-state index >= 15 is 0 Å². The number of methoxy groups -OCH3 is 1. The van der Waals surface area contributed by atoms with E-state index in [1.165, 1.54) is 6.92 Å². The maximum atomic E-state index is 12.2. The number of allylic oxidation sites excluding steroid dienone is 2. The summed E-state index contributed by atoms with van der Waals surface area (Å²) in [6, 6.07) is 17.7. The van der Waals surface area contributed by atoms with Crippen molar-refractivity contribution in [2.24, 2.45) is 17.1 Å². The molecule has 0 saturated heterocycles.